The zero-order chi connectivity index (χ0) is 12.3. The van der Waals surface area contributed by atoms with E-state index in [0.29, 0.717) is 0 Å². The van der Waals surface area contributed by atoms with Gasteiger partial charge in [-0.15, -0.1) is 0 Å². The summed E-state index contributed by atoms with van der Waals surface area (Å²) >= 11 is 0. The first-order valence-electron chi connectivity index (χ1n) is 5.98. The summed E-state index contributed by atoms with van der Waals surface area (Å²) in [6.45, 7) is 5.10. The maximum atomic E-state index is 5.93. The summed E-state index contributed by atoms with van der Waals surface area (Å²) in [4.78, 5) is 4.11. The van der Waals surface area contributed by atoms with Crippen molar-refractivity contribution in [2.75, 3.05) is 5.73 Å². The van der Waals surface area contributed by atoms with Crippen LogP contribution in [0.4, 0.5) is 5.69 Å². The molecule has 0 saturated carbocycles. The second-order valence-electron chi connectivity index (χ2n) is 4.05. The fraction of sp³-hybridized carbons (Fsp3) is 0.385. The fourth-order valence-electron chi connectivity index (χ4n) is 1.88. The number of aryl methyl sites for hydroxylation is 2. The van der Waals surface area contributed by atoms with Gasteiger partial charge in [-0.3, -0.25) is 9.67 Å². The van der Waals surface area contributed by atoms with E-state index in [4.69, 9.17) is 5.73 Å². The van der Waals surface area contributed by atoms with Gasteiger partial charge in [0.15, 0.2) is 0 Å². The van der Waals surface area contributed by atoms with Gasteiger partial charge in [0.2, 0.25) is 0 Å². The standard InChI is InChI=1S/C13H18N4/c1-3-11-8-12(17(4-2)16-11)7-10-9-15-6-5-13(10)14/h5-6,8-9H,3-4,7H2,1-2H3,(H2,14,15). The van der Waals surface area contributed by atoms with Crippen molar-refractivity contribution in [3.8, 4) is 0 Å². The van der Waals surface area contributed by atoms with Crippen molar-refractivity contribution in [2.24, 2.45) is 0 Å². The van der Waals surface area contributed by atoms with Crippen LogP contribution in [0.5, 0.6) is 0 Å². The first kappa shape index (κ1) is 11.6. The molecule has 0 spiro atoms. The third-order valence-electron chi connectivity index (χ3n) is 2.89. The van der Waals surface area contributed by atoms with Crippen LogP contribution in [0.25, 0.3) is 0 Å². The van der Waals surface area contributed by atoms with Crippen molar-refractivity contribution in [1.82, 2.24) is 14.8 Å². The summed E-state index contributed by atoms with van der Waals surface area (Å²) < 4.78 is 2.03. The van der Waals surface area contributed by atoms with E-state index >= 15 is 0 Å². The normalized spacial score (nSPS) is 10.7. The van der Waals surface area contributed by atoms with Gasteiger partial charge in [-0.05, 0) is 31.0 Å². The SMILES string of the molecule is CCc1cc(Cc2cnccc2N)n(CC)n1. The number of rotatable bonds is 4. The predicted octanol–water partition coefficient (Wildman–Crippen LogP) is 2.03. The molecule has 17 heavy (non-hydrogen) atoms. The highest BCUT2D eigenvalue weighted by atomic mass is 15.3. The van der Waals surface area contributed by atoms with E-state index in [2.05, 4.69) is 30.0 Å². The molecule has 0 fully saturated rings. The zero-order valence-electron chi connectivity index (χ0n) is 10.3. The molecule has 0 saturated heterocycles. The minimum Gasteiger partial charge on any atom is -0.398 e. The highest BCUT2D eigenvalue weighted by Crippen LogP contribution is 2.16. The van der Waals surface area contributed by atoms with Gasteiger partial charge >= 0.3 is 0 Å². The second kappa shape index (κ2) is 4.99. The second-order valence-corrected chi connectivity index (χ2v) is 4.05. The first-order chi connectivity index (χ1) is 8.24. The molecule has 0 atom stereocenters. The van der Waals surface area contributed by atoms with E-state index in [1.807, 2.05) is 16.9 Å². The molecule has 0 aliphatic carbocycles. The molecule has 0 aliphatic heterocycles. The molecule has 0 radical (unpaired) electrons. The molecule has 0 unspecified atom stereocenters. The lowest BCUT2D eigenvalue weighted by atomic mass is 10.1. The lowest BCUT2D eigenvalue weighted by Crippen LogP contribution is -2.05. The van der Waals surface area contributed by atoms with Crippen molar-refractivity contribution >= 4 is 5.69 Å². The lowest BCUT2D eigenvalue weighted by Gasteiger charge is -2.06. The molecular weight excluding hydrogens is 212 g/mol. The monoisotopic (exact) mass is 230 g/mol. The van der Waals surface area contributed by atoms with Crippen molar-refractivity contribution in [2.45, 2.75) is 33.2 Å². The van der Waals surface area contributed by atoms with Gasteiger partial charge in [0.1, 0.15) is 0 Å². The minimum atomic E-state index is 0.792. The molecule has 90 valence electrons. The summed E-state index contributed by atoms with van der Waals surface area (Å²) in [6.07, 6.45) is 5.30. The van der Waals surface area contributed by atoms with Crippen LogP contribution in [0.2, 0.25) is 0 Å². The average molecular weight is 230 g/mol. The predicted molar refractivity (Wildman–Crippen MR) is 68.7 cm³/mol. The van der Waals surface area contributed by atoms with Crippen molar-refractivity contribution in [3.63, 3.8) is 0 Å². The van der Waals surface area contributed by atoms with Gasteiger partial charge in [-0.1, -0.05) is 6.92 Å². The number of anilines is 1. The van der Waals surface area contributed by atoms with Crippen molar-refractivity contribution in [1.29, 1.82) is 0 Å². The molecule has 0 amide bonds. The van der Waals surface area contributed by atoms with Gasteiger partial charge in [0.05, 0.1) is 5.69 Å². The summed E-state index contributed by atoms with van der Waals surface area (Å²) in [7, 11) is 0. The molecule has 2 aromatic heterocycles. The molecule has 0 aromatic carbocycles. The Morgan fingerprint density at radius 2 is 2.18 bits per heavy atom. The Morgan fingerprint density at radius 1 is 1.35 bits per heavy atom. The number of aromatic nitrogens is 3. The maximum Gasteiger partial charge on any atom is 0.0624 e. The van der Waals surface area contributed by atoms with E-state index in [9.17, 15) is 0 Å². The molecule has 2 aromatic rings. The van der Waals surface area contributed by atoms with Crippen LogP contribution in [-0.2, 0) is 19.4 Å². The molecule has 0 bridgehead atoms. The van der Waals surface area contributed by atoms with Crippen LogP contribution >= 0.6 is 0 Å². The topological polar surface area (TPSA) is 56.7 Å². The van der Waals surface area contributed by atoms with Crippen LogP contribution in [-0.4, -0.2) is 14.8 Å². The van der Waals surface area contributed by atoms with Crippen LogP contribution in [0.15, 0.2) is 24.5 Å². The largest absolute Gasteiger partial charge is 0.398 e. The number of nitrogens with two attached hydrogens (primary N) is 1. The Labute approximate surface area is 101 Å². The quantitative estimate of drug-likeness (QED) is 0.874. The summed E-state index contributed by atoms with van der Waals surface area (Å²) in [6, 6.07) is 3.98. The van der Waals surface area contributed by atoms with E-state index in [1.54, 1.807) is 6.20 Å². The van der Waals surface area contributed by atoms with E-state index < -0.39 is 0 Å². The molecule has 4 heteroatoms. The third kappa shape index (κ3) is 2.46. The molecule has 2 N–H and O–H groups in total. The molecule has 4 nitrogen and oxygen atoms in total. The van der Waals surface area contributed by atoms with Crippen molar-refractivity contribution < 1.29 is 0 Å². The fourth-order valence-corrected chi connectivity index (χ4v) is 1.88. The Morgan fingerprint density at radius 3 is 2.82 bits per heavy atom. The number of hydrogen-bond acceptors (Lipinski definition) is 3. The zero-order valence-corrected chi connectivity index (χ0v) is 10.3. The Bertz CT molecular complexity index is 502. The average Bonchev–Trinajstić information content (AvgIpc) is 2.74. The van der Waals surface area contributed by atoms with Crippen molar-refractivity contribution in [3.05, 3.63) is 41.5 Å². The smallest absolute Gasteiger partial charge is 0.0624 e. The number of nitrogens with zero attached hydrogens (tertiary/aromatic N) is 3. The van der Waals surface area contributed by atoms with Crippen LogP contribution < -0.4 is 5.73 Å². The Balaban J connectivity index is 2.29. The maximum absolute atomic E-state index is 5.93. The molecular formula is C13H18N4. The summed E-state index contributed by atoms with van der Waals surface area (Å²) in [5.74, 6) is 0. The van der Waals surface area contributed by atoms with Crippen LogP contribution in [0, 0.1) is 0 Å². The van der Waals surface area contributed by atoms with Crippen LogP contribution in [0.1, 0.15) is 30.8 Å². The molecule has 2 rings (SSSR count). The number of pyridine rings is 1. The highest BCUT2D eigenvalue weighted by molar-refractivity contribution is 5.46. The van der Waals surface area contributed by atoms with Gasteiger partial charge in [-0.2, -0.15) is 5.10 Å². The van der Waals surface area contributed by atoms with E-state index in [0.717, 1.165) is 36.3 Å². The van der Waals surface area contributed by atoms with Crippen LogP contribution in [0.3, 0.4) is 0 Å². The highest BCUT2D eigenvalue weighted by Gasteiger charge is 2.08. The number of nitrogen functional groups attached to an aromatic ring is 1. The Hall–Kier alpha value is -1.84. The van der Waals surface area contributed by atoms with Gasteiger partial charge in [-0.25, -0.2) is 0 Å². The van der Waals surface area contributed by atoms with Gasteiger partial charge in [0, 0.05) is 36.7 Å². The minimum absolute atomic E-state index is 0.792. The Kier molecular flexibility index (Phi) is 3.42. The lowest BCUT2D eigenvalue weighted by molar-refractivity contribution is 0.621. The van der Waals surface area contributed by atoms with E-state index in [1.165, 1.54) is 5.69 Å². The van der Waals surface area contributed by atoms with Gasteiger partial charge < -0.3 is 5.73 Å². The van der Waals surface area contributed by atoms with Gasteiger partial charge in [0.25, 0.3) is 0 Å². The number of hydrogen-bond donors (Lipinski definition) is 1. The molecule has 2 heterocycles. The first-order valence-corrected chi connectivity index (χ1v) is 5.98. The molecule has 0 aliphatic rings. The summed E-state index contributed by atoms with van der Waals surface area (Å²) in [5, 5.41) is 4.53. The third-order valence-corrected chi connectivity index (χ3v) is 2.89. The van der Waals surface area contributed by atoms with E-state index in [-0.39, 0.29) is 0 Å². The summed E-state index contributed by atoms with van der Waals surface area (Å²) in [5.41, 5.74) is 10.1.